The molecule has 90 valence electrons. The molecule has 0 aromatic rings. The van der Waals surface area contributed by atoms with Gasteiger partial charge in [0.25, 0.3) is 0 Å². The van der Waals surface area contributed by atoms with Crippen LogP contribution in [0.4, 0.5) is 0 Å². The Hall–Kier alpha value is -0.570. The fraction of sp³-hybridized carbons (Fsp3) is 0.917. The highest BCUT2D eigenvalue weighted by atomic mass is 16.6. The van der Waals surface area contributed by atoms with Crippen LogP contribution in [0, 0.1) is 5.41 Å². The lowest BCUT2D eigenvalue weighted by atomic mass is 9.85. The van der Waals surface area contributed by atoms with Gasteiger partial charge in [0, 0.05) is 12.5 Å². The molecule has 3 heteroatoms. The third kappa shape index (κ3) is 7.37. The lowest BCUT2D eigenvalue weighted by molar-refractivity contribution is -0.155. The van der Waals surface area contributed by atoms with Crippen LogP contribution in [0.25, 0.3) is 0 Å². The Labute approximate surface area is 93.4 Å². The number of carbonyl (C=O) groups is 1. The van der Waals surface area contributed by atoms with Gasteiger partial charge >= 0.3 is 5.97 Å². The Bertz CT molecular complexity index is 211. The van der Waals surface area contributed by atoms with E-state index in [-0.39, 0.29) is 17.4 Å². The molecule has 3 nitrogen and oxygen atoms in total. The summed E-state index contributed by atoms with van der Waals surface area (Å²) < 4.78 is 5.21. The predicted molar refractivity (Wildman–Crippen MR) is 62.5 cm³/mol. The lowest BCUT2D eigenvalue weighted by Crippen LogP contribution is -2.36. The molecule has 0 radical (unpaired) electrons. The first-order chi connectivity index (χ1) is 6.52. The van der Waals surface area contributed by atoms with Crippen LogP contribution < -0.4 is 5.73 Å². The molecule has 0 aromatic carbocycles. The van der Waals surface area contributed by atoms with E-state index in [1.165, 1.54) is 0 Å². The van der Waals surface area contributed by atoms with Crippen LogP contribution in [-0.4, -0.2) is 17.6 Å². The quantitative estimate of drug-likeness (QED) is 0.736. The predicted octanol–water partition coefficient (Wildman–Crippen LogP) is 2.48. The molecule has 0 bridgehead atoms. The molecule has 0 spiro atoms. The molecule has 0 saturated heterocycles. The number of ether oxygens (including phenoxy) is 1. The van der Waals surface area contributed by atoms with Gasteiger partial charge in [-0.1, -0.05) is 20.8 Å². The number of rotatable bonds is 3. The zero-order chi connectivity index (χ0) is 12.3. The standard InChI is InChI=1S/C12H25NO2/c1-11(2,3)9(13)7-8-10(14)15-12(4,5)6/h9H,7-8,13H2,1-6H3. The van der Waals surface area contributed by atoms with E-state index < -0.39 is 5.60 Å². The maximum atomic E-state index is 11.4. The van der Waals surface area contributed by atoms with Crippen molar-refractivity contribution < 1.29 is 9.53 Å². The summed E-state index contributed by atoms with van der Waals surface area (Å²) in [5, 5.41) is 0. The molecule has 1 atom stereocenters. The molecule has 2 N–H and O–H groups in total. The molecule has 0 aliphatic rings. The van der Waals surface area contributed by atoms with Gasteiger partial charge in [-0.3, -0.25) is 4.79 Å². The zero-order valence-electron chi connectivity index (χ0n) is 10.9. The fourth-order valence-corrected chi connectivity index (χ4v) is 1.10. The topological polar surface area (TPSA) is 52.3 Å². The fourth-order valence-electron chi connectivity index (χ4n) is 1.10. The average molecular weight is 215 g/mol. The van der Waals surface area contributed by atoms with E-state index in [0.717, 1.165) is 0 Å². The maximum Gasteiger partial charge on any atom is 0.306 e. The van der Waals surface area contributed by atoms with Crippen LogP contribution in [0.5, 0.6) is 0 Å². The minimum atomic E-state index is -0.400. The second-order valence-electron chi connectivity index (χ2n) is 6.10. The van der Waals surface area contributed by atoms with Crippen molar-refractivity contribution in [3.05, 3.63) is 0 Å². The number of hydrogen-bond acceptors (Lipinski definition) is 3. The highest BCUT2D eigenvalue weighted by Crippen LogP contribution is 2.21. The number of carbonyl (C=O) groups excluding carboxylic acids is 1. The van der Waals surface area contributed by atoms with Crippen molar-refractivity contribution >= 4 is 5.97 Å². The Morgan fingerprint density at radius 3 is 2.00 bits per heavy atom. The van der Waals surface area contributed by atoms with Crippen LogP contribution in [0.2, 0.25) is 0 Å². The summed E-state index contributed by atoms with van der Waals surface area (Å²) in [5.74, 6) is -0.165. The molecule has 15 heavy (non-hydrogen) atoms. The summed E-state index contributed by atoms with van der Waals surface area (Å²) in [4.78, 5) is 11.4. The van der Waals surface area contributed by atoms with Gasteiger partial charge in [0.2, 0.25) is 0 Å². The van der Waals surface area contributed by atoms with Crippen molar-refractivity contribution in [2.75, 3.05) is 0 Å². The first kappa shape index (κ1) is 14.4. The molecule has 0 fully saturated rings. The second kappa shape index (κ2) is 4.97. The molecule has 0 heterocycles. The van der Waals surface area contributed by atoms with Gasteiger partial charge in [0.15, 0.2) is 0 Å². The van der Waals surface area contributed by atoms with Crippen LogP contribution >= 0.6 is 0 Å². The Kier molecular flexibility index (Phi) is 4.78. The molecule has 0 aliphatic heterocycles. The first-order valence-electron chi connectivity index (χ1n) is 5.50. The van der Waals surface area contributed by atoms with E-state index >= 15 is 0 Å². The highest BCUT2D eigenvalue weighted by Gasteiger charge is 2.23. The van der Waals surface area contributed by atoms with Gasteiger partial charge in [-0.15, -0.1) is 0 Å². The van der Waals surface area contributed by atoms with E-state index in [1.807, 2.05) is 20.8 Å². The SMILES string of the molecule is CC(C)(C)OC(=O)CCC(N)C(C)(C)C. The van der Waals surface area contributed by atoms with Crippen molar-refractivity contribution in [3.63, 3.8) is 0 Å². The van der Waals surface area contributed by atoms with Gasteiger partial charge in [0.05, 0.1) is 0 Å². The Morgan fingerprint density at radius 1 is 1.20 bits per heavy atom. The van der Waals surface area contributed by atoms with Crippen LogP contribution in [0.1, 0.15) is 54.4 Å². The largest absolute Gasteiger partial charge is 0.460 e. The van der Waals surface area contributed by atoms with Crippen molar-refractivity contribution in [2.24, 2.45) is 11.1 Å². The summed E-state index contributed by atoms with van der Waals surface area (Å²) in [6.45, 7) is 11.8. The zero-order valence-corrected chi connectivity index (χ0v) is 10.9. The van der Waals surface area contributed by atoms with E-state index in [0.29, 0.717) is 12.8 Å². The van der Waals surface area contributed by atoms with Gasteiger partial charge in [0.1, 0.15) is 5.60 Å². The summed E-state index contributed by atoms with van der Waals surface area (Å²) in [6, 6.07) is 0.0324. The molecular weight excluding hydrogens is 190 g/mol. The van der Waals surface area contributed by atoms with Crippen molar-refractivity contribution in [3.8, 4) is 0 Å². The van der Waals surface area contributed by atoms with Crippen LogP contribution in [0.3, 0.4) is 0 Å². The summed E-state index contributed by atoms with van der Waals surface area (Å²) in [5.41, 5.74) is 5.60. The Balaban J connectivity index is 3.92. The van der Waals surface area contributed by atoms with E-state index in [9.17, 15) is 4.79 Å². The minimum Gasteiger partial charge on any atom is -0.460 e. The molecule has 0 rings (SSSR count). The van der Waals surface area contributed by atoms with E-state index in [4.69, 9.17) is 10.5 Å². The molecule has 1 unspecified atom stereocenters. The summed E-state index contributed by atoms with van der Waals surface area (Å²) in [6.07, 6.45) is 1.08. The number of nitrogens with two attached hydrogens (primary N) is 1. The molecule has 0 amide bonds. The molecule has 0 aromatic heterocycles. The van der Waals surface area contributed by atoms with E-state index in [1.54, 1.807) is 0 Å². The number of hydrogen-bond donors (Lipinski definition) is 1. The summed E-state index contributed by atoms with van der Waals surface area (Å²) in [7, 11) is 0. The van der Waals surface area contributed by atoms with Crippen LogP contribution in [0.15, 0.2) is 0 Å². The van der Waals surface area contributed by atoms with Gasteiger partial charge in [-0.05, 0) is 32.6 Å². The van der Waals surface area contributed by atoms with Crippen LogP contribution in [-0.2, 0) is 9.53 Å². The maximum absolute atomic E-state index is 11.4. The van der Waals surface area contributed by atoms with Crippen molar-refractivity contribution in [2.45, 2.75) is 66.0 Å². The first-order valence-corrected chi connectivity index (χ1v) is 5.50. The highest BCUT2D eigenvalue weighted by molar-refractivity contribution is 5.69. The lowest BCUT2D eigenvalue weighted by Gasteiger charge is -2.27. The third-order valence-electron chi connectivity index (χ3n) is 2.19. The monoisotopic (exact) mass is 215 g/mol. The van der Waals surface area contributed by atoms with Gasteiger partial charge in [-0.25, -0.2) is 0 Å². The molecule has 0 saturated carbocycles. The van der Waals surface area contributed by atoms with Crippen molar-refractivity contribution in [1.29, 1.82) is 0 Å². The van der Waals surface area contributed by atoms with Crippen molar-refractivity contribution in [1.82, 2.24) is 0 Å². The smallest absolute Gasteiger partial charge is 0.306 e. The molecule has 0 aliphatic carbocycles. The average Bonchev–Trinajstić information content (AvgIpc) is 1.94. The normalized spacial score (nSPS) is 14.9. The Morgan fingerprint density at radius 2 is 1.67 bits per heavy atom. The van der Waals surface area contributed by atoms with Gasteiger partial charge < -0.3 is 10.5 Å². The number of esters is 1. The third-order valence-corrected chi connectivity index (χ3v) is 2.19. The summed E-state index contributed by atoms with van der Waals surface area (Å²) >= 11 is 0. The van der Waals surface area contributed by atoms with Gasteiger partial charge in [-0.2, -0.15) is 0 Å². The van der Waals surface area contributed by atoms with E-state index in [2.05, 4.69) is 20.8 Å². The second-order valence-corrected chi connectivity index (χ2v) is 6.10. The molecular formula is C12H25NO2. The minimum absolute atomic E-state index is 0.0324.